The molecule has 0 spiro atoms. The molecular weight excluding hydrogens is 352 g/mol. The molecule has 0 aromatic rings. The van der Waals surface area contributed by atoms with Gasteiger partial charge in [-0.25, -0.2) is 0 Å². The zero-order chi connectivity index (χ0) is 20.3. The lowest BCUT2D eigenvalue weighted by Crippen LogP contribution is -2.52. The number of aliphatic carboxylic acids is 1. The normalized spacial score (nSPS) is 46.2. The summed E-state index contributed by atoms with van der Waals surface area (Å²) >= 11 is 0. The van der Waals surface area contributed by atoms with Crippen LogP contribution < -0.4 is 0 Å². The van der Waals surface area contributed by atoms with Crippen LogP contribution in [0, 0.1) is 40.4 Å². The van der Waals surface area contributed by atoms with Crippen molar-refractivity contribution in [3.63, 3.8) is 0 Å². The van der Waals surface area contributed by atoms with E-state index in [1.165, 1.54) is 5.57 Å². The van der Waals surface area contributed by atoms with E-state index in [1.807, 2.05) is 6.08 Å². The van der Waals surface area contributed by atoms with Crippen molar-refractivity contribution in [3.8, 4) is 0 Å². The van der Waals surface area contributed by atoms with Crippen LogP contribution in [0.4, 0.5) is 0 Å². The minimum atomic E-state index is -0.741. The summed E-state index contributed by atoms with van der Waals surface area (Å²) < 4.78 is 0. The van der Waals surface area contributed by atoms with Gasteiger partial charge < -0.3 is 10.2 Å². The topological polar surface area (TPSA) is 74.6 Å². The minimum Gasteiger partial charge on any atom is -0.481 e. The standard InChI is InChI=1S/C24H36O4/c1-14(4-9-22(27)28)18-7-8-19-17-6-5-15-12-16(25)10-11-23(15,2)20(17)13-21(26)24(18,19)3/h13-19,25H,4-12H2,1-3H3,(H,27,28)/t14-,15+,16-,17-,18+,19+,23+,24-/m1/s1. The highest BCUT2D eigenvalue weighted by atomic mass is 16.4. The van der Waals surface area contributed by atoms with Gasteiger partial charge in [-0.2, -0.15) is 0 Å². The average Bonchev–Trinajstić information content (AvgIpc) is 3.00. The van der Waals surface area contributed by atoms with Crippen LogP contribution in [0.15, 0.2) is 11.6 Å². The van der Waals surface area contributed by atoms with Gasteiger partial charge in [0.25, 0.3) is 0 Å². The van der Waals surface area contributed by atoms with Crippen LogP contribution in [0.25, 0.3) is 0 Å². The maximum atomic E-state index is 13.5. The number of rotatable bonds is 4. The summed E-state index contributed by atoms with van der Waals surface area (Å²) in [5.74, 6) is 1.51. The van der Waals surface area contributed by atoms with Crippen LogP contribution in [0.3, 0.4) is 0 Å². The van der Waals surface area contributed by atoms with Crippen molar-refractivity contribution in [1.29, 1.82) is 0 Å². The quantitative estimate of drug-likeness (QED) is 0.738. The Bertz CT molecular complexity index is 697. The minimum absolute atomic E-state index is 0.0755. The lowest BCUT2D eigenvalue weighted by molar-refractivity contribution is -0.137. The summed E-state index contributed by atoms with van der Waals surface area (Å²) in [6.45, 7) is 6.68. The Morgan fingerprint density at radius 3 is 2.68 bits per heavy atom. The van der Waals surface area contributed by atoms with Gasteiger partial charge in [-0.1, -0.05) is 26.3 Å². The van der Waals surface area contributed by atoms with E-state index in [1.54, 1.807) is 0 Å². The van der Waals surface area contributed by atoms with Crippen molar-refractivity contribution in [3.05, 3.63) is 11.6 Å². The Labute approximate surface area is 168 Å². The predicted octanol–water partition coefficient (Wildman–Crippen LogP) is 4.61. The molecule has 0 heterocycles. The maximum absolute atomic E-state index is 13.5. The Hall–Kier alpha value is -1.16. The molecule has 3 saturated carbocycles. The monoisotopic (exact) mass is 388 g/mol. The maximum Gasteiger partial charge on any atom is 0.303 e. The van der Waals surface area contributed by atoms with E-state index in [0.717, 1.165) is 44.9 Å². The van der Waals surface area contributed by atoms with Crippen molar-refractivity contribution in [2.24, 2.45) is 40.4 Å². The zero-order valence-corrected chi connectivity index (χ0v) is 17.6. The molecule has 0 amide bonds. The van der Waals surface area contributed by atoms with Gasteiger partial charge in [0.1, 0.15) is 0 Å². The highest BCUT2D eigenvalue weighted by Crippen LogP contribution is 2.65. The van der Waals surface area contributed by atoms with Gasteiger partial charge >= 0.3 is 5.97 Å². The molecular formula is C24H36O4. The van der Waals surface area contributed by atoms with Crippen molar-refractivity contribution in [1.82, 2.24) is 0 Å². The first-order valence-corrected chi connectivity index (χ1v) is 11.3. The summed E-state index contributed by atoms with van der Waals surface area (Å²) in [5.41, 5.74) is 1.14. The number of carboxylic acid groups (broad SMARTS) is 1. The van der Waals surface area contributed by atoms with Gasteiger partial charge in [0.05, 0.1) is 6.10 Å². The molecule has 4 aliphatic rings. The molecule has 4 rings (SSSR count). The number of carbonyl (C=O) groups is 2. The number of hydrogen-bond acceptors (Lipinski definition) is 3. The summed E-state index contributed by atoms with van der Waals surface area (Å²) in [6.07, 6.45) is 9.87. The fourth-order valence-electron chi connectivity index (χ4n) is 7.79. The molecule has 4 nitrogen and oxygen atoms in total. The molecule has 4 aliphatic carbocycles. The second kappa shape index (κ2) is 6.97. The van der Waals surface area contributed by atoms with Crippen molar-refractivity contribution < 1.29 is 19.8 Å². The molecule has 0 bridgehead atoms. The van der Waals surface area contributed by atoms with Gasteiger partial charge in [-0.3, -0.25) is 9.59 Å². The van der Waals surface area contributed by atoms with E-state index in [2.05, 4.69) is 20.8 Å². The summed E-state index contributed by atoms with van der Waals surface area (Å²) in [7, 11) is 0. The molecule has 2 N–H and O–H groups in total. The highest BCUT2D eigenvalue weighted by molar-refractivity contribution is 5.97. The van der Waals surface area contributed by atoms with Crippen molar-refractivity contribution in [2.45, 2.75) is 84.7 Å². The largest absolute Gasteiger partial charge is 0.481 e. The van der Waals surface area contributed by atoms with Gasteiger partial charge in [0, 0.05) is 11.8 Å². The molecule has 0 saturated heterocycles. The lowest BCUT2D eigenvalue weighted by atomic mass is 9.48. The van der Waals surface area contributed by atoms with E-state index < -0.39 is 5.97 Å². The Morgan fingerprint density at radius 1 is 1.21 bits per heavy atom. The molecule has 3 fully saturated rings. The zero-order valence-electron chi connectivity index (χ0n) is 17.6. The average molecular weight is 389 g/mol. The Balaban J connectivity index is 1.63. The SMILES string of the molecule is C[C@H](CCC(=O)O)[C@@H]1CC[C@H]2[C@H]3CC[C@H]4C[C@H](O)CC[C@]4(C)C3=CC(=O)[C@]12C. The van der Waals surface area contributed by atoms with Gasteiger partial charge in [-0.05, 0) is 92.4 Å². The summed E-state index contributed by atoms with van der Waals surface area (Å²) in [4.78, 5) is 24.6. The van der Waals surface area contributed by atoms with E-state index in [-0.39, 0.29) is 29.3 Å². The first-order chi connectivity index (χ1) is 13.2. The van der Waals surface area contributed by atoms with Crippen LogP contribution in [-0.2, 0) is 9.59 Å². The molecule has 0 unspecified atom stereocenters. The number of allylic oxidation sites excluding steroid dienone is 2. The molecule has 4 heteroatoms. The van der Waals surface area contributed by atoms with Crippen LogP contribution in [-0.4, -0.2) is 28.1 Å². The molecule has 0 aromatic carbocycles. The molecule has 0 aliphatic heterocycles. The van der Waals surface area contributed by atoms with Crippen molar-refractivity contribution in [2.75, 3.05) is 0 Å². The lowest BCUT2D eigenvalue weighted by Gasteiger charge is -2.56. The Kier molecular flexibility index (Phi) is 5.01. The third-order valence-electron chi connectivity index (χ3n) is 9.47. The number of aliphatic hydroxyl groups is 1. The molecule has 28 heavy (non-hydrogen) atoms. The van der Waals surface area contributed by atoms with Crippen molar-refractivity contribution >= 4 is 11.8 Å². The second-order valence-electron chi connectivity index (χ2n) is 10.7. The predicted molar refractivity (Wildman–Crippen MR) is 108 cm³/mol. The first-order valence-electron chi connectivity index (χ1n) is 11.3. The van der Waals surface area contributed by atoms with E-state index in [0.29, 0.717) is 35.9 Å². The number of carboxylic acids is 1. The number of fused-ring (bicyclic) bond motifs is 5. The second-order valence-corrected chi connectivity index (χ2v) is 10.7. The third-order valence-corrected chi connectivity index (χ3v) is 9.47. The van der Waals surface area contributed by atoms with Crippen LogP contribution in [0.2, 0.25) is 0 Å². The van der Waals surface area contributed by atoms with Gasteiger partial charge in [0.2, 0.25) is 0 Å². The fraction of sp³-hybridized carbons (Fsp3) is 0.833. The molecule has 156 valence electrons. The van der Waals surface area contributed by atoms with E-state index in [9.17, 15) is 14.7 Å². The number of hydrogen-bond donors (Lipinski definition) is 2. The van der Waals surface area contributed by atoms with E-state index in [4.69, 9.17) is 5.11 Å². The molecule has 8 atom stereocenters. The number of aliphatic hydroxyl groups excluding tert-OH is 1. The van der Waals surface area contributed by atoms with Gasteiger partial charge in [-0.15, -0.1) is 0 Å². The number of carbonyl (C=O) groups excluding carboxylic acids is 1. The first kappa shape index (κ1) is 20.1. The van der Waals surface area contributed by atoms with Crippen LogP contribution in [0.5, 0.6) is 0 Å². The van der Waals surface area contributed by atoms with Gasteiger partial charge in [0.15, 0.2) is 5.78 Å². The van der Waals surface area contributed by atoms with Crippen LogP contribution in [0.1, 0.15) is 78.6 Å². The summed E-state index contributed by atoms with van der Waals surface area (Å²) in [5, 5.41) is 19.2. The molecule has 0 radical (unpaired) electrons. The van der Waals surface area contributed by atoms with E-state index >= 15 is 0 Å². The number of ketones is 1. The van der Waals surface area contributed by atoms with Crippen LogP contribution >= 0.6 is 0 Å². The summed E-state index contributed by atoms with van der Waals surface area (Å²) in [6, 6.07) is 0. The highest BCUT2D eigenvalue weighted by Gasteiger charge is 2.60. The Morgan fingerprint density at radius 2 is 1.96 bits per heavy atom. The third kappa shape index (κ3) is 2.89. The smallest absolute Gasteiger partial charge is 0.303 e. The molecule has 0 aromatic heterocycles. The fourth-order valence-corrected chi connectivity index (χ4v) is 7.79.